The van der Waals surface area contributed by atoms with Crippen LogP contribution in [0.15, 0.2) is 12.2 Å². The standard InChI is InChI=1S/C31H61NO2/c1-4-6-8-10-12-13-14-15-16-17-18-19-20-21-23-25-27-34-31-29-32(3)28-30(31)33-26-24-22-11-9-7-5-2/h12-13,30-31H,4-11,14-29H2,1-3H3/b13-12-/t30-,31-/m0/s1. The second-order valence-electron chi connectivity index (χ2n) is 10.7. The summed E-state index contributed by atoms with van der Waals surface area (Å²) in [7, 11) is 2.19. The van der Waals surface area contributed by atoms with E-state index in [4.69, 9.17) is 9.47 Å². The molecule has 1 saturated heterocycles. The lowest BCUT2D eigenvalue weighted by Gasteiger charge is -2.20. The fraction of sp³-hybridized carbons (Fsp3) is 0.935. The molecule has 0 spiro atoms. The molecule has 1 heterocycles. The van der Waals surface area contributed by atoms with Crippen LogP contribution < -0.4 is 0 Å². The molecule has 0 unspecified atom stereocenters. The van der Waals surface area contributed by atoms with E-state index in [2.05, 4.69) is 37.9 Å². The van der Waals surface area contributed by atoms with Gasteiger partial charge in [-0.3, -0.25) is 0 Å². The van der Waals surface area contributed by atoms with Gasteiger partial charge in [0.15, 0.2) is 0 Å². The summed E-state index contributed by atoms with van der Waals surface area (Å²) in [5.74, 6) is 0. The molecule has 1 aliphatic heterocycles. The van der Waals surface area contributed by atoms with Gasteiger partial charge < -0.3 is 14.4 Å². The second kappa shape index (κ2) is 24.3. The number of likely N-dealkylation sites (N-methyl/N-ethyl adjacent to an activating group) is 1. The van der Waals surface area contributed by atoms with Crippen molar-refractivity contribution in [1.29, 1.82) is 0 Å². The molecular formula is C31H61NO2. The van der Waals surface area contributed by atoms with Crippen LogP contribution in [0.4, 0.5) is 0 Å². The zero-order valence-corrected chi connectivity index (χ0v) is 23.5. The first-order valence-corrected chi connectivity index (χ1v) is 15.3. The van der Waals surface area contributed by atoms with Gasteiger partial charge in [0.25, 0.3) is 0 Å². The van der Waals surface area contributed by atoms with Crippen LogP contribution >= 0.6 is 0 Å². The number of rotatable bonds is 25. The normalized spacial score (nSPS) is 19.0. The third-order valence-corrected chi connectivity index (χ3v) is 7.22. The first kappa shape index (κ1) is 31.6. The maximum Gasteiger partial charge on any atom is 0.0975 e. The van der Waals surface area contributed by atoms with E-state index in [1.165, 1.54) is 128 Å². The van der Waals surface area contributed by atoms with Crippen molar-refractivity contribution in [3.05, 3.63) is 12.2 Å². The van der Waals surface area contributed by atoms with Gasteiger partial charge in [0, 0.05) is 26.3 Å². The Balaban J connectivity index is 1.87. The number of allylic oxidation sites excluding steroid dienone is 2. The van der Waals surface area contributed by atoms with Gasteiger partial charge in [-0.2, -0.15) is 0 Å². The van der Waals surface area contributed by atoms with Gasteiger partial charge in [0.05, 0.1) is 12.2 Å². The Labute approximate surface area is 214 Å². The number of nitrogens with zero attached hydrogens (tertiary/aromatic N) is 1. The molecule has 3 nitrogen and oxygen atoms in total. The number of hydrogen-bond donors (Lipinski definition) is 0. The molecule has 0 N–H and O–H groups in total. The Morgan fingerprint density at radius 1 is 0.529 bits per heavy atom. The zero-order chi connectivity index (χ0) is 24.5. The van der Waals surface area contributed by atoms with Crippen molar-refractivity contribution in [3.8, 4) is 0 Å². The molecular weight excluding hydrogens is 418 g/mol. The van der Waals surface area contributed by atoms with Crippen LogP contribution in [0.1, 0.15) is 142 Å². The highest BCUT2D eigenvalue weighted by Crippen LogP contribution is 2.17. The Morgan fingerprint density at radius 2 is 0.882 bits per heavy atom. The maximum absolute atomic E-state index is 6.24. The van der Waals surface area contributed by atoms with E-state index in [-0.39, 0.29) is 12.2 Å². The minimum absolute atomic E-state index is 0.274. The fourth-order valence-electron chi connectivity index (χ4n) is 4.95. The number of unbranched alkanes of at least 4 members (excludes halogenated alkanes) is 17. The lowest BCUT2D eigenvalue weighted by Crippen LogP contribution is -2.30. The molecule has 1 aliphatic rings. The molecule has 0 aromatic rings. The molecule has 202 valence electrons. The Bertz CT molecular complexity index is 439. The number of ether oxygens (including phenoxy) is 2. The average Bonchev–Trinajstić information content (AvgIpc) is 3.19. The number of likely N-dealkylation sites (tertiary alicyclic amines) is 1. The molecule has 0 saturated carbocycles. The van der Waals surface area contributed by atoms with Crippen LogP contribution in [0.2, 0.25) is 0 Å². The molecule has 0 amide bonds. The third-order valence-electron chi connectivity index (χ3n) is 7.22. The van der Waals surface area contributed by atoms with Crippen molar-refractivity contribution in [2.75, 3.05) is 33.4 Å². The van der Waals surface area contributed by atoms with Crippen molar-refractivity contribution in [1.82, 2.24) is 4.90 Å². The van der Waals surface area contributed by atoms with Crippen LogP contribution in [-0.4, -0.2) is 50.5 Å². The highest BCUT2D eigenvalue weighted by molar-refractivity contribution is 4.84. The summed E-state index contributed by atoms with van der Waals surface area (Å²) >= 11 is 0. The van der Waals surface area contributed by atoms with Gasteiger partial charge >= 0.3 is 0 Å². The van der Waals surface area contributed by atoms with Crippen LogP contribution in [0, 0.1) is 0 Å². The van der Waals surface area contributed by atoms with Gasteiger partial charge in [-0.25, -0.2) is 0 Å². The monoisotopic (exact) mass is 479 g/mol. The van der Waals surface area contributed by atoms with Gasteiger partial charge in [0.1, 0.15) is 0 Å². The Hall–Kier alpha value is -0.380. The SMILES string of the molecule is CCCCC/C=C\CCCCCCCCCCCO[C@H]1CN(C)C[C@@H]1OCCCCCCCC. The zero-order valence-electron chi connectivity index (χ0n) is 23.5. The summed E-state index contributed by atoms with van der Waals surface area (Å²) in [6, 6.07) is 0. The Morgan fingerprint density at radius 3 is 1.35 bits per heavy atom. The highest BCUT2D eigenvalue weighted by Gasteiger charge is 2.32. The van der Waals surface area contributed by atoms with Gasteiger partial charge in [-0.15, -0.1) is 0 Å². The van der Waals surface area contributed by atoms with Crippen molar-refractivity contribution < 1.29 is 9.47 Å². The van der Waals surface area contributed by atoms with E-state index >= 15 is 0 Å². The summed E-state index contributed by atoms with van der Waals surface area (Å²) in [5, 5.41) is 0. The summed E-state index contributed by atoms with van der Waals surface area (Å²) in [6.45, 7) is 8.40. The predicted molar refractivity (Wildman–Crippen MR) is 150 cm³/mol. The van der Waals surface area contributed by atoms with Crippen molar-refractivity contribution in [2.24, 2.45) is 0 Å². The van der Waals surface area contributed by atoms with Gasteiger partial charge in [0.2, 0.25) is 0 Å². The molecule has 0 aromatic carbocycles. The molecule has 34 heavy (non-hydrogen) atoms. The molecule has 0 aliphatic carbocycles. The summed E-state index contributed by atoms with van der Waals surface area (Å²) in [5.41, 5.74) is 0. The lowest BCUT2D eigenvalue weighted by molar-refractivity contribution is -0.0481. The first-order valence-electron chi connectivity index (χ1n) is 15.3. The molecule has 3 heteroatoms. The minimum Gasteiger partial charge on any atom is -0.374 e. The second-order valence-corrected chi connectivity index (χ2v) is 10.7. The summed E-state index contributed by atoms with van der Waals surface area (Å²) < 4.78 is 12.4. The Kier molecular flexibility index (Phi) is 22.6. The largest absolute Gasteiger partial charge is 0.374 e. The van der Waals surface area contributed by atoms with Crippen molar-refractivity contribution in [3.63, 3.8) is 0 Å². The van der Waals surface area contributed by atoms with E-state index in [1.54, 1.807) is 0 Å². The molecule has 0 bridgehead atoms. The first-order chi connectivity index (χ1) is 16.8. The molecule has 0 radical (unpaired) electrons. The number of hydrogen-bond acceptors (Lipinski definition) is 3. The summed E-state index contributed by atoms with van der Waals surface area (Å²) in [4.78, 5) is 2.36. The van der Waals surface area contributed by atoms with Crippen LogP contribution in [0.5, 0.6) is 0 Å². The molecule has 1 fully saturated rings. The minimum atomic E-state index is 0.274. The van der Waals surface area contributed by atoms with E-state index in [0.717, 1.165) is 26.3 Å². The van der Waals surface area contributed by atoms with Gasteiger partial charge in [-0.05, 0) is 45.6 Å². The van der Waals surface area contributed by atoms with E-state index in [9.17, 15) is 0 Å². The fourth-order valence-corrected chi connectivity index (χ4v) is 4.95. The van der Waals surface area contributed by atoms with Crippen LogP contribution in [0.25, 0.3) is 0 Å². The van der Waals surface area contributed by atoms with Crippen LogP contribution in [-0.2, 0) is 9.47 Å². The highest BCUT2D eigenvalue weighted by atomic mass is 16.5. The topological polar surface area (TPSA) is 21.7 Å². The average molecular weight is 480 g/mol. The van der Waals surface area contributed by atoms with Crippen molar-refractivity contribution in [2.45, 2.75) is 154 Å². The van der Waals surface area contributed by atoms with E-state index in [0.29, 0.717) is 0 Å². The molecule has 0 aromatic heterocycles. The third kappa shape index (κ3) is 18.9. The molecule has 2 atom stereocenters. The van der Waals surface area contributed by atoms with E-state index in [1.807, 2.05) is 0 Å². The maximum atomic E-state index is 6.24. The lowest BCUT2D eigenvalue weighted by atomic mass is 10.1. The van der Waals surface area contributed by atoms with E-state index < -0.39 is 0 Å². The predicted octanol–water partition coefficient (Wildman–Crippen LogP) is 9.10. The molecule has 1 rings (SSSR count). The quantitative estimate of drug-likeness (QED) is 0.0962. The van der Waals surface area contributed by atoms with Gasteiger partial charge in [-0.1, -0.05) is 116 Å². The van der Waals surface area contributed by atoms with Crippen molar-refractivity contribution >= 4 is 0 Å². The smallest absolute Gasteiger partial charge is 0.0975 e. The summed E-state index contributed by atoms with van der Waals surface area (Å²) in [6.07, 6.45) is 32.3. The van der Waals surface area contributed by atoms with Crippen LogP contribution in [0.3, 0.4) is 0 Å².